The first-order valence-corrected chi connectivity index (χ1v) is 9.16. The molecule has 3 aromatic rings. The molecule has 1 N–H and O–H groups in total. The van der Waals surface area contributed by atoms with Crippen molar-refractivity contribution >= 4 is 23.1 Å². The molecule has 5 nitrogen and oxygen atoms in total. The zero-order valence-corrected chi connectivity index (χ0v) is 14.3. The van der Waals surface area contributed by atoms with E-state index in [0.717, 1.165) is 27.2 Å². The first-order chi connectivity index (χ1) is 11.2. The average molecular weight is 347 g/mol. The Balaban J connectivity index is 1.73. The summed E-state index contributed by atoms with van der Waals surface area (Å²) in [7, 11) is 0. The Bertz CT molecular complexity index is 726. The van der Waals surface area contributed by atoms with Gasteiger partial charge in [0.1, 0.15) is 16.5 Å². The molecule has 120 valence electrons. The lowest BCUT2D eigenvalue weighted by Crippen LogP contribution is -2.22. The lowest BCUT2D eigenvalue weighted by Gasteiger charge is -2.20. The molecular weight excluding hydrogens is 330 g/mol. The molecule has 0 unspecified atom stereocenters. The number of benzene rings is 1. The van der Waals surface area contributed by atoms with Crippen molar-refractivity contribution in [3.05, 3.63) is 59.0 Å². The van der Waals surface area contributed by atoms with Crippen LogP contribution in [0.3, 0.4) is 0 Å². The van der Waals surface area contributed by atoms with Crippen LogP contribution in [-0.4, -0.2) is 26.5 Å². The number of hydrogen-bond acceptors (Lipinski definition) is 7. The molecule has 0 saturated carbocycles. The molecule has 0 spiro atoms. The maximum Gasteiger partial charge on any atom is 0.174 e. The molecule has 7 heteroatoms. The van der Waals surface area contributed by atoms with E-state index in [0.29, 0.717) is 13.1 Å². The Morgan fingerprint density at radius 2 is 1.96 bits per heavy atom. The summed E-state index contributed by atoms with van der Waals surface area (Å²) >= 11 is 3.22. The number of thioether (sulfide) groups is 1. The summed E-state index contributed by atoms with van der Waals surface area (Å²) in [6.07, 6.45) is 3.69. The van der Waals surface area contributed by atoms with E-state index in [4.69, 9.17) is 4.42 Å². The Morgan fingerprint density at radius 1 is 1.13 bits per heavy atom. The largest absolute Gasteiger partial charge is 0.508 e. The third-order valence-electron chi connectivity index (χ3n) is 3.28. The quantitative estimate of drug-likeness (QED) is 0.657. The minimum absolute atomic E-state index is 0.278. The van der Waals surface area contributed by atoms with Crippen LogP contribution in [0.4, 0.5) is 0 Å². The lowest BCUT2D eigenvalue weighted by molar-refractivity contribution is 0.226. The van der Waals surface area contributed by atoms with Gasteiger partial charge < -0.3 is 9.52 Å². The van der Waals surface area contributed by atoms with E-state index in [1.807, 2.05) is 30.5 Å². The second-order valence-corrected chi connectivity index (χ2v) is 7.17. The van der Waals surface area contributed by atoms with Crippen LogP contribution in [-0.2, 0) is 19.6 Å². The number of phenolic OH excluding ortho intramolecular Hbond substituents is 1. The Labute approximate surface area is 143 Å². The van der Waals surface area contributed by atoms with E-state index in [1.54, 1.807) is 41.5 Å². The molecule has 3 rings (SSSR count). The molecule has 0 aliphatic heterocycles. The molecule has 0 saturated heterocycles. The fraction of sp³-hybridized carbons (Fsp3) is 0.250. The summed E-state index contributed by atoms with van der Waals surface area (Å²) in [4.78, 5) is 2.25. The number of furan rings is 1. The Kier molecular flexibility index (Phi) is 5.32. The number of nitrogens with zero attached hydrogens (tertiary/aromatic N) is 3. The Morgan fingerprint density at radius 3 is 2.61 bits per heavy atom. The number of hydrogen-bond donors (Lipinski definition) is 1. The normalized spacial score (nSPS) is 11.2. The molecule has 0 amide bonds. The van der Waals surface area contributed by atoms with Crippen molar-refractivity contribution < 1.29 is 9.52 Å². The molecule has 2 aromatic heterocycles. The summed E-state index contributed by atoms with van der Waals surface area (Å²) in [6, 6.07) is 11.1. The first-order valence-electron chi connectivity index (χ1n) is 7.12. The minimum atomic E-state index is 0.278. The highest BCUT2D eigenvalue weighted by Crippen LogP contribution is 2.22. The third-order valence-corrected chi connectivity index (χ3v) is 5.17. The summed E-state index contributed by atoms with van der Waals surface area (Å²) in [5.41, 5.74) is 1.13. The molecule has 2 heterocycles. The third kappa shape index (κ3) is 4.57. The summed E-state index contributed by atoms with van der Waals surface area (Å²) in [6.45, 7) is 2.15. The molecule has 0 aliphatic rings. The summed E-state index contributed by atoms with van der Waals surface area (Å²) < 4.78 is 6.44. The molecule has 0 aliphatic carbocycles. The van der Waals surface area contributed by atoms with Crippen molar-refractivity contribution in [2.75, 3.05) is 6.26 Å². The topological polar surface area (TPSA) is 62.4 Å². The van der Waals surface area contributed by atoms with E-state index in [-0.39, 0.29) is 5.75 Å². The van der Waals surface area contributed by atoms with Crippen LogP contribution in [0.2, 0.25) is 0 Å². The van der Waals surface area contributed by atoms with Crippen molar-refractivity contribution in [2.45, 2.75) is 24.0 Å². The predicted octanol–water partition coefficient (Wildman–Crippen LogP) is 3.76. The maximum absolute atomic E-state index is 9.42. The van der Waals surface area contributed by atoms with E-state index in [1.165, 1.54) is 0 Å². The van der Waals surface area contributed by atoms with Gasteiger partial charge >= 0.3 is 0 Å². The number of rotatable bonds is 7. The zero-order valence-electron chi connectivity index (χ0n) is 12.7. The van der Waals surface area contributed by atoms with Crippen LogP contribution in [0.15, 0.2) is 51.4 Å². The minimum Gasteiger partial charge on any atom is -0.508 e. The van der Waals surface area contributed by atoms with Crippen LogP contribution >= 0.6 is 23.1 Å². The molecule has 0 fully saturated rings. The van der Waals surface area contributed by atoms with Gasteiger partial charge in [-0.25, -0.2) is 0 Å². The van der Waals surface area contributed by atoms with Gasteiger partial charge in [-0.3, -0.25) is 4.90 Å². The van der Waals surface area contributed by atoms with Crippen LogP contribution in [0, 0.1) is 0 Å². The molecular formula is C16H17N3O2S2. The second kappa shape index (κ2) is 7.63. The van der Waals surface area contributed by atoms with Crippen molar-refractivity contribution in [3.63, 3.8) is 0 Å². The zero-order chi connectivity index (χ0) is 16.1. The van der Waals surface area contributed by atoms with E-state index in [2.05, 4.69) is 15.1 Å². The van der Waals surface area contributed by atoms with Crippen molar-refractivity contribution in [3.8, 4) is 5.75 Å². The van der Waals surface area contributed by atoms with E-state index in [9.17, 15) is 5.11 Å². The van der Waals surface area contributed by atoms with Crippen LogP contribution in [0.5, 0.6) is 5.75 Å². The van der Waals surface area contributed by atoms with Crippen LogP contribution in [0.25, 0.3) is 0 Å². The highest BCUT2D eigenvalue weighted by atomic mass is 32.2. The van der Waals surface area contributed by atoms with Crippen molar-refractivity contribution in [2.24, 2.45) is 0 Å². The monoisotopic (exact) mass is 347 g/mol. The SMILES string of the molecule is CSc1nnc(CN(Cc2ccc(O)cc2)Cc2ccco2)s1. The summed E-state index contributed by atoms with van der Waals surface area (Å²) in [5.74, 6) is 1.19. The smallest absolute Gasteiger partial charge is 0.174 e. The highest BCUT2D eigenvalue weighted by Gasteiger charge is 2.13. The van der Waals surface area contributed by atoms with Gasteiger partial charge in [-0.2, -0.15) is 0 Å². The fourth-order valence-corrected chi connectivity index (χ4v) is 3.58. The lowest BCUT2D eigenvalue weighted by atomic mass is 10.2. The van der Waals surface area contributed by atoms with Gasteiger partial charge in [-0.1, -0.05) is 35.2 Å². The molecule has 0 bridgehead atoms. The van der Waals surface area contributed by atoms with Gasteiger partial charge in [0.2, 0.25) is 0 Å². The summed E-state index contributed by atoms with van der Waals surface area (Å²) in [5, 5.41) is 18.8. The first kappa shape index (κ1) is 16.0. The van der Waals surface area contributed by atoms with Crippen LogP contribution in [0.1, 0.15) is 16.3 Å². The van der Waals surface area contributed by atoms with Crippen molar-refractivity contribution in [1.82, 2.24) is 15.1 Å². The fourth-order valence-electron chi connectivity index (χ4n) is 2.23. The molecule has 0 atom stereocenters. The van der Waals surface area contributed by atoms with Gasteiger partial charge in [0.25, 0.3) is 0 Å². The molecule has 23 heavy (non-hydrogen) atoms. The second-order valence-electron chi connectivity index (χ2n) is 5.06. The maximum atomic E-state index is 9.42. The standard InChI is InChI=1S/C16H17N3O2S2/c1-22-16-18-17-15(23-16)11-19(10-14-3-2-8-21-14)9-12-4-6-13(20)7-5-12/h2-8,20H,9-11H2,1H3. The van der Waals surface area contributed by atoms with Gasteiger partial charge in [0, 0.05) is 6.54 Å². The van der Waals surface area contributed by atoms with Gasteiger partial charge in [-0.05, 0) is 36.1 Å². The van der Waals surface area contributed by atoms with Crippen LogP contribution < -0.4 is 0 Å². The average Bonchev–Trinajstić information content (AvgIpc) is 3.21. The van der Waals surface area contributed by atoms with Gasteiger partial charge in [-0.15, -0.1) is 10.2 Å². The van der Waals surface area contributed by atoms with E-state index >= 15 is 0 Å². The van der Waals surface area contributed by atoms with Crippen molar-refractivity contribution in [1.29, 1.82) is 0 Å². The number of aromatic nitrogens is 2. The molecule has 0 radical (unpaired) electrons. The predicted molar refractivity (Wildman–Crippen MR) is 91.5 cm³/mol. The Hall–Kier alpha value is -1.83. The van der Waals surface area contributed by atoms with Gasteiger partial charge in [0.05, 0.1) is 19.4 Å². The molecule has 1 aromatic carbocycles. The van der Waals surface area contributed by atoms with E-state index < -0.39 is 0 Å². The van der Waals surface area contributed by atoms with Gasteiger partial charge in [0.15, 0.2) is 4.34 Å². The number of aromatic hydroxyl groups is 1. The number of phenols is 1. The highest BCUT2D eigenvalue weighted by molar-refractivity contribution is 8.00.